The van der Waals surface area contributed by atoms with Crippen molar-refractivity contribution >= 4 is 21.8 Å². The zero-order valence-corrected chi connectivity index (χ0v) is 14.2. The number of hydrogen-bond donors (Lipinski definition) is 0. The molecule has 21 heavy (non-hydrogen) atoms. The van der Waals surface area contributed by atoms with Gasteiger partial charge in [0, 0.05) is 24.3 Å². The maximum Gasteiger partial charge on any atom is 0.226 e. The summed E-state index contributed by atoms with van der Waals surface area (Å²) in [5.74, 6) is 0.871. The van der Waals surface area contributed by atoms with Crippen molar-refractivity contribution in [2.75, 3.05) is 18.4 Å². The highest BCUT2D eigenvalue weighted by atomic mass is 79.9. The molecule has 1 aliphatic heterocycles. The Labute approximate surface area is 134 Å². The molecule has 1 aliphatic carbocycles. The molecule has 0 N–H and O–H groups in total. The number of halogens is 1. The van der Waals surface area contributed by atoms with E-state index in [1.807, 2.05) is 23.1 Å². The van der Waals surface area contributed by atoms with Gasteiger partial charge in [-0.3, -0.25) is 4.79 Å². The van der Waals surface area contributed by atoms with Crippen molar-refractivity contribution in [1.29, 1.82) is 0 Å². The number of nitrogens with zero attached hydrogens (tertiary/aromatic N) is 1. The molecule has 2 fully saturated rings. The molecule has 0 bridgehead atoms. The molecule has 0 spiro atoms. The number of ether oxygens (including phenoxy) is 1. The molecule has 4 heteroatoms. The van der Waals surface area contributed by atoms with Gasteiger partial charge in [-0.1, -0.05) is 46.3 Å². The van der Waals surface area contributed by atoms with Crippen LogP contribution in [0.25, 0.3) is 0 Å². The molecule has 3 nitrogen and oxygen atoms in total. The number of carbonyl (C=O) groups is 1. The smallest absolute Gasteiger partial charge is 0.226 e. The second kappa shape index (κ2) is 5.73. The molecular weight excluding hydrogens is 330 g/mol. The summed E-state index contributed by atoms with van der Waals surface area (Å²) in [6.45, 7) is 5.51. The third-order valence-corrected chi connectivity index (χ3v) is 5.02. The first kappa shape index (κ1) is 15.0. The van der Waals surface area contributed by atoms with Crippen LogP contribution in [0, 0.1) is 5.92 Å². The van der Waals surface area contributed by atoms with Crippen LogP contribution in [0.5, 0.6) is 0 Å². The number of hydrogen-bond acceptors (Lipinski definition) is 2. The van der Waals surface area contributed by atoms with Crippen LogP contribution < -0.4 is 0 Å². The molecule has 1 aromatic carbocycles. The van der Waals surface area contributed by atoms with Crippen LogP contribution in [0.2, 0.25) is 0 Å². The van der Waals surface area contributed by atoms with E-state index in [-0.39, 0.29) is 17.6 Å². The summed E-state index contributed by atoms with van der Waals surface area (Å²) in [5.41, 5.74) is 1.03. The van der Waals surface area contributed by atoms with Gasteiger partial charge in [0.05, 0.1) is 11.7 Å². The van der Waals surface area contributed by atoms with Crippen molar-refractivity contribution in [2.45, 2.75) is 37.9 Å². The van der Waals surface area contributed by atoms with E-state index < -0.39 is 0 Å². The highest BCUT2D eigenvalue weighted by molar-refractivity contribution is 9.09. The van der Waals surface area contributed by atoms with Crippen LogP contribution in [0.15, 0.2) is 30.3 Å². The summed E-state index contributed by atoms with van der Waals surface area (Å²) in [6.07, 6.45) is 1.08. The normalized spacial score (nSPS) is 31.0. The summed E-state index contributed by atoms with van der Waals surface area (Å²) in [7, 11) is 0. The maximum absolute atomic E-state index is 12.7. The van der Waals surface area contributed by atoms with Gasteiger partial charge < -0.3 is 9.64 Å². The van der Waals surface area contributed by atoms with Gasteiger partial charge in [0.25, 0.3) is 0 Å². The summed E-state index contributed by atoms with van der Waals surface area (Å²) in [4.78, 5) is 14.8. The summed E-state index contributed by atoms with van der Waals surface area (Å²) in [6, 6.07) is 10.4. The Hall–Kier alpha value is -0.870. The molecule has 3 unspecified atom stereocenters. The van der Waals surface area contributed by atoms with E-state index in [9.17, 15) is 4.79 Å². The highest BCUT2D eigenvalue weighted by Crippen LogP contribution is 2.48. The minimum atomic E-state index is -0.260. The highest BCUT2D eigenvalue weighted by Gasteiger charge is 2.47. The summed E-state index contributed by atoms with van der Waals surface area (Å²) < 4.78 is 5.97. The SMILES string of the molecule is CC1(C)CN(C(=O)C2CC2c2ccccc2)CC(CBr)O1. The number of alkyl halides is 1. The number of amides is 1. The van der Waals surface area contributed by atoms with Gasteiger partial charge in [0.2, 0.25) is 5.91 Å². The lowest BCUT2D eigenvalue weighted by molar-refractivity contribution is -0.158. The van der Waals surface area contributed by atoms with E-state index >= 15 is 0 Å². The first-order valence-corrected chi connectivity index (χ1v) is 8.70. The molecule has 1 aromatic rings. The van der Waals surface area contributed by atoms with Crippen molar-refractivity contribution in [3.63, 3.8) is 0 Å². The summed E-state index contributed by atoms with van der Waals surface area (Å²) in [5, 5.41) is 0.771. The van der Waals surface area contributed by atoms with Crippen LogP contribution in [0.4, 0.5) is 0 Å². The second-order valence-electron chi connectivity index (χ2n) is 6.73. The van der Waals surface area contributed by atoms with E-state index in [2.05, 4.69) is 41.9 Å². The number of rotatable bonds is 3. The largest absolute Gasteiger partial charge is 0.368 e. The Balaban J connectivity index is 1.66. The molecule has 3 atom stereocenters. The maximum atomic E-state index is 12.7. The Morgan fingerprint density at radius 1 is 1.38 bits per heavy atom. The average Bonchev–Trinajstić information content (AvgIpc) is 3.26. The number of morpholine rings is 1. The van der Waals surface area contributed by atoms with Gasteiger partial charge in [0.15, 0.2) is 0 Å². The van der Waals surface area contributed by atoms with Gasteiger partial charge in [-0.05, 0) is 31.7 Å². The number of carbonyl (C=O) groups excluding carboxylic acids is 1. The fraction of sp³-hybridized carbons (Fsp3) is 0.588. The average molecular weight is 352 g/mol. The fourth-order valence-electron chi connectivity index (χ4n) is 3.31. The van der Waals surface area contributed by atoms with E-state index in [0.717, 1.165) is 11.8 Å². The fourth-order valence-corrected chi connectivity index (χ4v) is 3.65. The van der Waals surface area contributed by atoms with E-state index in [4.69, 9.17) is 4.74 Å². The van der Waals surface area contributed by atoms with Gasteiger partial charge >= 0.3 is 0 Å². The van der Waals surface area contributed by atoms with Gasteiger partial charge in [-0.2, -0.15) is 0 Å². The van der Waals surface area contributed by atoms with Crippen molar-refractivity contribution < 1.29 is 9.53 Å². The monoisotopic (exact) mass is 351 g/mol. The Morgan fingerprint density at radius 3 is 2.76 bits per heavy atom. The zero-order chi connectivity index (χ0) is 15.0. The molecule has 1 saturated carbocycles. The zero-order valence-electron chi connectivity index (χ0n) is 12.6. The van der Waals surface area contributed by atoms with Crippen molar-refractivity contribution in [2.24, 2.45) is 5.92 Å². The van der Waals surface area contributed by atoms with Crippen LogP contribution in [-0.4, -0.2) is 40.9 Å². The van der Waals surface area contributed by atoms with Gasteiger partial charge in [0.1, 0.15) is 0 Å². The van der Waals surface area contributed by atoms with E-state index in [1.165, 1.54) is 5.56 Å². The van der Waals surface area contributed by atoms with Crippen LogP contribution in [-0.2, 0) is 9.53 Å². The van der Waals surface area contributed by atoms with Crippen molar-refractivity contribution in [3.8, 4) is 0 Å². The lowest BCUT2D eigenvalue weighted by atomic mass is 10.0. The molecular formula is C17H22BrNO2. The minimum Gasteiger partial charge on any atom is -0.368 e. The molecule has 0 radical (unpaired) electrons. The predicted octanol–water partition coefficient (Wildman–Crippen LogP) is 3.19. The predicted molar refractivity (Wildman–Crippen MR) is 86.6 cm³/mol. The van der Waals surface area contributed by atoms with E-state index in [0.29, 0.717) is 24.9 Å². The molecule has 2 aliphatic rings. The number of benzene rings is 1. The first-order chi connectivity index (χ1) is 10.00. The van der Waals surface area contributed by atoms with Crippen molar-refractivity contribution in [3.05, 3.63) is 35.9 Å². The Kier molecular flexibility index (Phi) is 4.10. The van der Waals surface area contributed by atoms with Crippen LogP contribution in [0.3, 0.4) is 0 Å². The third-order valence-electron chi connectivity index (χ3n) is 4.30. The first-order valence-electron chi connectivity index (χ1n) is 7.58. The topological polar surface area (TPSA) is 29.5 Å². The van der Waals surface area contributed by atoms with Gasteiger partial charge in [-0.15, -0.1) is 0 Å². The van der Waals surface area contributed by atoms with E-state index in [1.54, 1.807) is 0 Å². The quantitative estimate of drug-likeness (QED) is 0.782. The summed E-state index contributed by atoms with van der Waals surface area (Å²) >= 11 is 3.48. The standard InChI is InChI=1S/C17H22BrNO2/c1-17(2)11-19(10-13(9-18)21-17)16(20)15-8-14(15)12-6-4-3-5-7-12/h3-7,13-15H,8-11H2,1-2H3. The Morgan fingerprint density at radius 2 is 2.10 bits per heavy atom. The molecule has 1 amide bonds. The molecule has 1 heterocycles. The lowest BCUT2D eigenvalue weighted by Crippen LogP contribution is -2.55. The third kappa shape index (κ3) is 3.32. The minimum absolute atomic E-state index is 0.0895. The van der Waals surface area contributed by atoms with Crippen molar-refractivity contribution in [1.82, 2.24) is 4.90 Å². The molecule has 0 aromatic heterocycles. The van der Waals surface area contributed by atoms with Crippen LogP contribution >= 0.6 is 15.9 Å². The Bertz CT molecular complexity index is 517. The second-order valence-corrected chi connectivity index (χ2v) is 7.38. The van der Waals surface area contributed by atoms with Crippen LogP contribution in [0.1, 0.15) is 31.7 Å². The van der Waals surface area contributed by atoms with Gasteiger partial charge in [-0.25, -0.2) is 0 Å². The molecule has 1 saturated heterocycles. The lowest BCUT2D eigenvalue weighted by Gasteiger charge is -2.42. The molecule has 114 valence electrons. The molecule has 3 rings (SSSR count).